The van der Waals surface area contributed by atoms with E-state index in [9.17, 15) is 43.2 Å². The quantitative estimate of drug-likeness (QED) is 0.0222. The van der Waals surface area contributed by atoms with Crippen molar-refractivity contribution in [3.8, 4) is 0 Å². The minimum absolute atomic E-state index is 0.106. The summed E-state index contributed by atoms with van der Waals surface area (Å²) in [7, 11) is -9.93. The number of carbonyl (C=O) groups excluding carboxylic acids is 4. The average Bonchev–Trinajstić information content (AvgIpc) is 0.906. The molecule has 0 saturated heterocycles. The topological polar surface area (TPSA) is 237 Å². The van der Waals surface area contributed by atoms with Crippen LogP contribution in [-0.4, -0.2) is 96.7 Å². The molecule has 0 aromatic rings. The van der Waals surface area contributed by atoms with Crippen molar-refractivity contribution in [3.63, 3.8) is 0 Å². The molecule has 6 atom stereocenters. The molecule has 3 N–H and O–H groups in total. The minimum atomic E-state index is -4.97. The molecular formula is C90H176O17P2. The standard InChI is InChI=1S/C90H176O17P2/c1-7-10-12-14-16-18-20-22-24-26-28-30-31-33-35-37-39-41-50-56-62-68-74-89(94)106-85(78-100-87(92)72-66-60-54-48-40-38-36-34-32-29-27-25-23-21-19-17-15-13-11-8-2)80-104-108(96,97)102-76-84(91)77-103-109(98,99)105-81-86(79-101-88(93)73-67-61-55-49-44-42-46-52-58-64-70-82(4)5)107-90(95)75-69-63-57-51-45-43-47-53-59-65-71-83(6)9-3/h82-86,91H,7-81H2,1-6H3,(H,96,97)(H,98,99)/t83?,84-,85-,86-/m1/s1. The first-order chi connectivity index (χ1) is 52.9. The molecule has 0 heterocycles. The molecule has 0 aliphatic carbocycles. The Hall–Kier alpha value is -1.94. The number of unbranched alkanes of at least 4 members (excludes halogenated alkanes) is 58. The van der Waals surface area contributed by atoms with E-state index in [0.29, 0.717) is 25.7 Å². The van der Waals surface area contributed by atoms with Crippen molar-refractivity contribution >= 4 is 39.5 Å². The fourth-order valence-electron chi connectivity index (χ4n) is 14.1. The van der Waals surface area contributed by atoms with Gasteiger partial charge in [0.2, 0.25) is 0 Å². The Morgan fingerprint density at radius 1 is 0.266 bits per heavy atom. The van der Waals surface area contributed by atoms with Gasteiger partial charge >= 0.3 is 39.5 Å². The van der Waals surface area contributed by atoms with E-state index < -0.39 is 97.5 Å². The van der Waals surface area contributed by atoms with Crippen molar-refractivity contribution in [1.82, 2.24) is 0 Å². The zero-order valence-corrected chi connectivity index (χ0v) is 73.7. The molecule has 0 bridgehead atoms. The molecule has 0 radical (unpaired) electrons. The average molecular weight is 1590 g/mol. The molecule has 0 aliphatic heterocycles. The predicted molar refractivity (Wildman–Crippen MR) is 451 cm³/mol. The third-order valence-electron chi connectivity index (χ3n) is 21.6. The Labute approximate surface area is 670 Å². The van der Waals surface area contributed by atoms with Crippen molar-refractivity contribution in [2.45, 2.75) is 503 Å². The van der Waals surface area contributed by atoms with Crippen LogP contribution in [0.5, 0.6) is 0 Å². The van der Waals surface area contributed by atoms with Gasteiger partial charge in [0.1, 0.15) is 19.3 Å². The number of phosphoric ester groups is 2. The molecule has 0 aromatic heterocycles. The molecule has 648 valence electrons. The highest BCUT2D eigenvalue weighted by Crippen LogP contribution is 2.45. The molecule has 109 heavy (non-hydrogen) atoms. The van der Waals surface area contributed by atoms with Gasteiger partial charge in [-0.15, -0.1) is 0 Å². The number of aliphatic hydroxyl groups is 1. The molecule has 0 amide bonds. The van der Waals surface area contributed by atoms with Gasteiger partial charge in [0, 0.05) is 25.7 Å². The van der Waals surface area contributed by atoms with E-state index in [1.165, 1.54) is 302 Å². The van der Waals surface area contributed by atoms with Crippen LogP contribution in [-0.2, 0) is 65.4 Å². The summed E-state index contributed by atoms with van der Waals surface area (Å²) in [5.74, 6) is -0.537. The molecule has 0 aromatic carbocycles. The summed E-state index contributed by atoms with van der Waals surface area (Å²) in [5.41, 5.74) is 0. The number of esters is 4. The molecule has 3 unspecified atom stereocenters. The van der Waals surface area contributed by atoms with Gasteiger partial charge in [-0.1, -0.05) is 433 Å². The fraction of sp³-hybridized carbons (Fsp3) is 0.956. The third kappa shape index (κ3) is 82.4. The lowest BCUT2D eigenvalue weighted by Gasteiger charge is -2.21. The van der Waals surface area contributed by atoms with Crippen molar-refractivity contribution in [3.05, 3.63) is 0 Å². The highest BCUT2D eigenvalue weighted by atomic mass is 31.2. The lowest BCUT2D eigenvalue weighted by atomic mass is 9.99. The van der Waals surface area contributed by atoms with E-state index in [4.69, 9.17) is 37.0 Å². The largest absolute Gasteiger partial charge is 0.472 e. The van der Waals surface area contributed by atoms with Gasteiger partial charge in [0.05, 0.1) is 26.4 Å². The Kier molecular flexibility index (Phi) is 79.8. The highest BCUT2D eigenvalue weighted by molar-refractivity contribution is 7.47. The summed E-state index contributed by atoms with van der Waals surface area (Å²) < 4.78 is 69.0. The smallest absolute Gasteiger partial charge is 0.462 e. The van der Waals surface area contributed by atoms with Crippen LogP contribution in [0.1, 0.15) is 485 Å². The van der Waals surface area contributed by atoms with Gasteiger partial charge in [-0.2, -0.15) is 0 Å². The summed E-state index contributed by atoms with van der Waals surface area (Å²) in [6, 6.07) is 0. The normalized spacial score (nSPS) is 14.0. The van der Waals surface area contributed by atoms with Crippen LogP contribution in [0.3, 0.4) is 0 Å². The van der Waals surface area contributed by atoms with Crippen molar-refractivity contribution in [2.24, 2.45) is 11.8 Å². The highest BCUT2D eigenvalue weighted by Gasteiger charge is 2.31. The van der Waals surface area contributed by atoms with E-state index >= 15 is 0 Å². The van der Waals surface area contributed by atoms with E-state index in [0.717, 1.165) is 102 Å². The number of rotatable bonds is 89. The summed E-state index contributed by atoms with van der Waals surface area (Å²) in [6.07, 6.45) is 75.1. The van der Waals surface area contributed by atoms with Crippen LogP contribution in [0, 0.1) is 11.8 Å². The Bertz CT molecular complexity index is 2080. The lowest BCUT2D eigenvalue weighted by Crippen LogP contribution is -2.30. The van der Waals surface area contributed by atoms with E-state index in [-0.39, 0.29) is 25.7 Å². The zero-order chi connectivity index (χ0) is 79.9. The maximum Gasteiger partial charge on any atom is 0.472 e. The first-order valence-corrected chi connectivity index (χ1v) is 49.5. The number of hydrogen-bond donors (Lipinski definition) is 3. The molecule has 0 fully saturated rings. The van der Waals surface area contributed by atoms with Crippen molar-refractivity contribution < 1.29 is 80.2 Å². The molecule has 0 spiro atoms. The van der Waals surface area contributed by atoms with Gasteiger partial charge in [-0.25, -0.2) is 9.13 Å². The Balaban J connectivity index is 5.24. The van der Waals surface area contributed by atoms with Gasteiger partial charge < -0.3 is 33.8 Å². The maximum atomic E-state index is 13.2. The summed E-state index contributed by atoms with van der Waals surface area (Å²) in [4.78, 5) is 73.4. The predicted octanol–water partition coefficient (Wildman–Crippen LogP) is 27.8. The third-order valence-corrected chi connectivity index (χ3v) is 23.5. The second-order valence-electron chi connectivity index (χ2n) is 33.1. The number of carbonyl (C=O) groups is 4. The molecule has 17 nitrogen and oxygen atoms in total. The minimum Gasteiger partial charge on any atom is -0.462 e. The second kappa shape index (κ2) is 81.2. The monoisotopic (exact) mass is 1590 g/mol. The van der Waals surface area contributed by atoms with Gasteiger partial charge in [-0.3, -0.25) is 37.3 Å². The van der Waals surface area contributed by atoms with E-state index in [2.05, 4.69) is 41.5 Å². The van der Waals surface area contributed by atoms with Crippen LogP contribution in [0.15, 0.2) is 0 Å². The molecule has 0 aliphatic rings. The van der Waals surface area contributed by atoms with E-state index in [1.54, 1.807) is 0 Å². The fourth-order valence-corrected chi connectivity index (χ4v) is 15.7. The first kappa shape index (κ1) is 107. The maximum absolute atomic E-state index is 13.2. The Morgan fingerprint density at radius 2 is 0.468 bits per heavy atom. The van der Waals surface area contributed by atoms with Crippen molar-refractivity contribution in [1.29, 1.82) is 0 Å². The summed E-state index contributed by atoms with van der Waals surface area (Å²) in [5, 5.41) is 10.7. The molecule has 19 heteroatoms. The van der Waals surface area contributed by atoms with Crippen LogP contribution >= 0.6 is 15.6 Å². The molecular weight excluding hydrogens is 1410 g/mol. The van der Waals surface area contributed by atoms with Crippen LogP contribution < -0.4 is 0 Å². The number of aliphatic hydroxyl groups excluding tert-OH is 1. The van der Waals surface area contributed by atoms with Gasteiger partial charge in [-0.05, 0) is 37.5 Å². The number of hydrogen-bond acceptors (Lipinski definition) is 15. The zero-order valence-electron chi connectivity index (χ0n) is 71.9. The first-order valence-electron chi connectivity index (χ1n) is 46.5. The number of ether oxygens (including phenoxy) is 4. The van der Waals surface area contributed by atoms with Gasteiger partial charge in [0.25, 0.3) is 0 Å². The van der Waals surface area contributed by atoms with Crippen LogP contribution in [0.2, 0.25) is 0 Å². The Morgan fingerprint density at radius 3 is 0.697 bits per heavy atom. The second-order valence-corrected chi connectivity index (χ2v) is 36.0. The van der Waals surface area contributed by atoms with Crippen LogP contribution in [0.25, 0.3) is 0 Å². The number of phosphoric acid groups is 2. The summed E-state index contributed by atoms with van der Waals surface area (Å²) >= 11 is 0. The van der Waals surface area contributed by atoms with Crippen molar-refractivity contribution in [2.75, 3.05) is 39.6 Å². The van der Waals surface area contributed by atoms with Crippen LogP contribution in [0.4, 0.5) is 0 Å². The van der Waals surface area contributed by atoms with Gasteiger partial charge in [0.15, 0.2) is 12.2 Å². The molecule has 0 rings (SSSR count). The SMILES string of the molecule is CCCCCCCCCCCCCCCCCCCCCCCCC(=O)O[C@H](COC(=O)CCCCCCCCCCCCCCCCCCCCCC)COP(=O)(O)OC[C@@H](O)COP(=O)(O)OC[C@@H](COC(=O)CCCCCCCCCCCCC(C)C)OC(=O)CCCCCCCCCCCCC(C)CC. The lowest BCUT2D eigenvalue weighted by molar-refractivity contribution is -0.161. The summed E-state index contributed by atoms with van der Waals surface area (Å²) in [6.45, 7) is 9.71. The van der Waals surface area contributed by atoms with E-state index in [1.807, 2.05) is 0 Å². The molecule has 0 saturated carbocycles.